The molecule has 118 valence electrons. The lowest BCUT2D eigenvalue weighted by Gasteiger charge is -2.14. The van der Waals surface area contributed by atoms with Gasteiger partial charge in [-0.15, -0.1) is 0 Å². The van der Waals surface area contributed by atoms with Crippen LogP contribution in [0.3, 0.4) is 0 Å². The highest BCUT2D eigenvalue weighted by Crippen LogP contribution is 2.24. The largest absolute Gasteiger partial charge is 0.283 e. The summed E-state index contributed by atoms with van der Waals surface area (Å²) in [7, 11) is -3.31. The van der Waals surface area contributed by atoms with Gasteiger partial charge in [-0.2, -0.15) is 0 Å². The van der Waals surface area contributed by atoms with Gasteiger partial charge in [0.2, 0.25) is 10.0 Å². The SMILES string of the molecule is CC(C)c1ccccc1NS(=O)(=O)CCCc1ccccc1. The zero-order valence-electron chi connectivity index (χ0n) is 13.1. The van der Waals surface area contributed by atoms with Crippen LogP contribution in [0.5, 0.6) is 0 Å². The normalized spacial score (nSPS) is 11.6. The van der Waals surface area contributed by atoms with Crippen molar-refractivity contribution < 1.29 is 8.42 Å². The highest BCUT2D eigenvalue weighted by Gasteiger charge is 2.13. The van der Waals surface area contributed by atoms with E-state index in [0.29, 0.717) is 12.1 Å². The Labute approximate surface area is 133 Å². The summed E-state index contributed by atoms with van der Waals surface area (Å²) in [4.78, 5) is 0. The first kappa shape index (κ1) is 16.6. The molecule has 2 rings (SSSR count). The number of rotatable bonds is 7. The van der Waals surface area contributed by atoms with E-state index in [9.17, 15) is 8.42 Å². The third-order valence-electron chi connectivity index (χ3n) is 3.57. The van der Waals surface area contributed by atoms with E-state index in [4.69, 9.17) is 0 Å². The van der Waals surface area contributed by atoms with Crippen LogP contribution in [0, 0.1) is 0 Å². The van der Waals surface area contributed by atoms with Crippen molar-refractivity contribution in [2.24, 2.45) is 0 Å². The third kappa shape index (κ3) is 4.88. The van der Waals surface area contributed by atoms with Crippen LogP contribution in [-0.2, 0) is 16.4 Å². The third-order valence-corrected chi connectivity index (χ3v) is 4.93. The minimum atomic E-state index is -3.31. The van der Waals surface area contributed by atoms with Crippen LogP contribution >= 0.6 is 0 Å². The monoisotopic (exact) mass is 317 g/mol. The molecule has 0 aromatic heterocycles. The first-order valence-corrected chi connectivity index (χ1v) is 9.26. The molecule has 0 saturated carbocycles. The molecule has 0 aliphatic heterocycles. The predicted molar refractivity (Wildman–Crippen MR) is 92.7 cm³/mol. The Morgan fingerprint density at radius 3 is 2.27 bits per heavy atom. The van der Waals surface area contributed by atoms with Gasteiger partial charge in [-0.3, -0.25) is 4.72 Å². The summed E-state index contributed by atoms with van der Waals surface area (Å²) in [5.74, 6) is 0.414. The highest BCUT2D eigenvalue weighted by atomic mass is 32.2. The maximum Gasteiger partial charge on any atom is 0.232 e. The van der Waals surface area contributed by atoms with E-state index in [1.165, 1.54) is 5.56 Å². The molecule has 3 nitrogen and oxygen atoms in total. The van der Waals surface area contributed by atoms with Gasteiger partial charge in [0.05, 0.1) is 11.4 Å². The van der Waals surface area contributed by atoms with Gasteiger partial charge >= 0.3 is 0 Å². The van der Waals surface area contributed by atoms with Gasteiger partial charge in [-0.05, 0) is 36.0 Å². The Morgan fingerprint density at radius 1 is 0.955 bits per heavy atom. The minimum Gasteiger partial charge on any atom is -0.283 e. The lowest BCUT2D eigenvalue weighted by Crippen LogP contribution is -2.18. The average Bonchev–Trinajstić information content (AvgIpc) is 2.48. The summed E-state index contributed by atoms with van der Waals surface area (Å²) in [5.41, 5.74) is 2.88. The maximum absolute atomic E-state index is 12.3. The quantitative estimate of drug-likeness (QED) is 0.832. The Morgan fingerprint density at radius 2 is 1.59 bits per heavy atom. The smallest absolute Gasteiger partial charge is 0.232 e. The predicted octanol–water partition coefficient (Wildman–Crippen LogP) is 4.18. The maximum atomic E-state index is 12.3. The molecule has 0 atom stereocenters. The minimum absolute atomic E-state index is 0.133. The topological polar surface area (TPSA) is 46.2 Å². The summed E-state index contributed by atoms with van der Waals surface area (Å²) in [6, 6.07) is 17.5. The van der Waals surface area contributed by atoms with E-state index in [1.54, 1.807) is 0 Å². The Balaban J connectivity index is 1.97. The van der Waals surface area contributed by atoms with Crippen molar-refractivity contribution in [1.82, 2.24) is 0 Å². The molecule has 0 unspecified atom stereocenters. The van der Waals surface area contributed by atoms with Crippen LogP contribution in [0.2, 0.25) is 0 Å². The van der Waals surface area contributed by atoms with E-state index < -0.39 is 10.0 Å². The Kier molecular flexibility index (Phi) is 5.61. The number of hydrogen-bond acceptors (Lipinski definition) is 2. The number of para-hydroxylation sites is 1. The number of anilines is 1. The molecule has 0 spiro atoms. The van der Waals surface area contributed by atoms with Gasteiger partial charge < -0.3 is 0 Å². The first-order valence-electron chi connectivity index (χ1n) is 7.61. The van der Waals surface area contributed by atoms with Crippen LogP contribution in [0.4, 0.5) is 5.69 Å². The van der Waals surface area contributed by atoms with Crippen molar-refractivity contribution in [2.45, 2.75) is 32.6 Å². The average molecular weight is 317 g/mol. The van der Waals surface area contributed by atoms with Crippen molar-refractivity contribution in [1.29, 1.82) is 0 Å². The van der Waals surface area contributed by atoms with Crippen LogP contribution in [-0.4, -0.2) is 14.2 Å². The number of hydrogen-bond donors (Lipinski definition) is 1. The number of aryl methyl sites for hydroxylation is 1. The fourth-order valence-electron chi connectivity index (χ4n) is 2.42. The van der Waals surface area contributed by atoms with Crippen molar-refractivity contribution in [3.63, 3.8) is 0 Å². The van der Waals surface area contributed by atoms with Gasteiger partial charge in [0.15, 0.2) is 0 Å². The van der Waals surface area contributed by atoms with Gasteiger partial charge in [-0.25, -0.2) is 8.42 Å². The van der Waals surface area contributed by atoms with E-state index in [0.717, 1.165) is 12.0 Å². The van der Waals surface area contributed by atoms with Crippen molar-refractivity contribution in [3.05, 3.63) is 65.7 Å². The molecule has 0 saturated heterocycles. The van der Waals surface area contributed by atoms with Crippen LogP contribution in [0.25, 0.3) is 0 Å². The van der Waals surface area contributed by atoms with Crippen molar-refractivity contribution >= 4 is 15.7 Å². The molecule has 2 aromatic carbocycles. The molecular formula is C18H23NO2S. The number of benzene rings is 2. The summed E-state index contributed by atoms with van der Waals surface area (Å²) in [6.45, 7) is 4.12. The van der Waals surface area contributed by atoms with E-state index in [-0.39, 0.29) is 11.7 Å². The number of nitrogens with one attached hydrogen (secondary N) is 1. The summed E-state index contributed by atoms with van der Waals surface area (Å²) >= 11 is 0. The molecule has 0 aliphatic rings. The molecule has 0 amide bonds. The highest BCUT2D eigenvalue weighted by molar-refractivity contribution is 7.92. The van der Waals surface area contributed by atoms with Crippen LogP contribution in [0.1, 0.15) is 37.3 Å². The zero-order chi connectivity index (χ0) is 16.0. The van der Waals surface area contributed by atoms with E-state index >= 15 is 0 Å². The summed E-state index contributed by atoms with van der Waals surface area (Å²) in [5, 5.41) is 0. The second-order valence-electron chi connectivity index (χ2n) is 5.75. The molecule has 0 radical (unpaired) electrons. The lowest BCUT2D eigenvalue weighted by atomic mass is 10.0. The zero-order valence-corrected chi connectivity index (χ0v) is 13.9. The lowest BCUT2D eigenvalue weighted by molar-refractivity contribution is 0.598. The van der Waals surface area contributed by atoms with Gasteiger partial charge in [0.25, 0.3) is 0 Å². The standard InChI is InChI=1S/C18H23NO2S/c1-15(2)17-12-6-7-13-18(17)19-22(20,21)14-8-11-16-9-4-3-5-10-16/h3-7,9-10,12-13,15,19H,8,11,14H2,1-2H3. The number of sulfonamides is 1. The summed E-state index contributed by atoms with van der Waals surface area (Å²) in [6.07, 6.45) is 1.39. The van der Waals surface area contributed by atoms with Crippen LogP contribution in [0.15, 0.2) is 54.6 Å². The Hall–Kier alpha value is -1.81. The van der Waals surface area contributed by atoms with Gasteiger partial charge in [0.1, 0.15) is 0 Å². The Bertz CT molecular complexity index is 694. The molecule has 2 aromatic rings. The van der Waals surface area contributed by atoms with Gasteiger partial charge in [-0.1, -0.05) is 62.4 Å². The second kappa shape index (κ2) is 7.45. The fourth-order valence-corrected chi connectivity index (χ4v) is 3.57. The molecule has 4 heteroatoms. The van der Waals surface area contributed by atoms with Crippen molar-refractivity contribution in [2.75, 3.05) is 10.5 Å². The molecular weight excluding hydrogens is 294 g/mol. The molecule has 0 bridgehead atoms. The summed E-state index contributed by atoms with van der Waals surface area (Å²) < 4.78 is 27.2. The van der Waals surface area contributed by atoms with E-state index in [1.807, 2.05) is 54.6 Å². The second-order valence-corrected chi connectivity index (χ2v) is 7.59. The fraction of sp³-hybridized carbons (Fsp3) is 0.333. The van der Waals surface area contributed by atoms with Crippen LogP contribution < -0.4 is 4.72 Å². The van der Waals surface area contributed by atoms with Gasteiger partial charge in [0, 0.05) is 0 Å². The van der Waals surface area contributed by atoms with E-state index in [2.05, 4.69) is 18.6 Å². The molecule has 0 aliphatic carbocycles. The molecule has 0 fully saturated rings. The van der Waals surface area contributed by atoms with Crippen molar-refractivity contribution in [3.8, 4) is 0 Å². The molecule has 22 heavy (non-hydrogen) atoms. The molecule has 0 heterocycles. The molecule has 1 N–H and O–H groups in total. The first-order chi connectivity index (χ1) is 10.5.